The van der Waals surface area contributed by atoms with E-state index in [9.17, 15) is 5.11 Å². The van der Waals surface area contributed by atoms with E-state index in [4.69, 9.17) is 0 Å². The lowest BCUT2D eigenvalue weighted by Gasteiger charge is -2.30. The fourth-order valence-electron chi connectivity index (χ4n) is 2.47. The van der Waals surface area contributed by atoms with Crippen molar-refractivity contribution in [1.82, 2.24) is 0 Å². The molecule has 1 atom stereocenters. The normalized spacial score (nSPS) is 29.0. The Morgan fingerprint density at radius 3 is 2.40 bits per heavy atom. The van der Waals surface area contributed by atoms with E-state index in [2.05, 4.69) is 13.8 Å². The second-order valence-electron chi connectivity index (χ2n) is 4.83. The van der Waals surface area contributed by atoms with Gasteiger partial charge in [0, 0.05) is 5.75 Å². The molecule has 0 aromatic rings. The number of rotatable bonds is 6. The number of hydrogen-bond acceptors (Lipinski definition) is 2. The second-order valence-corrected chi connectivity index (χ2v) is 5.98. The summed E-state index contributed by atoms with van der Waals surface area (Å²) in [5.41, 5.74) is 0. The van der Waals surface area contributed by atoms with Gasteiger partial charge in [-0.15, -0.1) is 0 Å². The van der Waals surface area contributed by atoms with Crippen molar-refractivity contribution in [2.45, 2.75) is 58.5 Å². The number of thioether (sulfide) groups is 1. The van der Waals surface area contributed by atoms with E-state index >= 15 is 0 Å². The van der Waals surface area contributed by atoms with Gasteiger partial charge in [-0.3, -0.25) is 0 Å². The Morgan fingerprint density at radius 1 is 1.20 bits per heavy atom. The van der Waals surface area contributed by atoms with Crippen molar-refractivity contribution in [3.63, 3.8) is 0 Å². The Hall–Kier alpha value is 0.310. The third-order valence-corrected chi connectivity index (χ3v) is 4.92. The van der Waals surface area contributed by atoms with Gasteiger partial charge >= 0.3 is 0 Å². The minimum atomic E-state index is -0.0423. The van der Waals surface area contributed by atoms with Crippen LogP contribution in [0.4, 0.5) is 0 Å². The van der Waals surface area contributed by atoms with Crippen LogP contribution in [0.15, 0.2) is 0 Å². The molecule has 1 unspecified atom stereocenters. The maximum Gasteiger partial charge on any atom is 0.0658 e. The molecule has 15 heavy (non-hydrogen) atoms. The Morgan fingerprint density at radius 2 is 1.87 bits per heavy atom. The molecule has 0 aromatic heterocycles. The molecule has 0 radical (unpaired) electrons. The largest absolute Gasteiger partial charge is 0.392 e. The van der Waals surface area contributed by atoms with Crippen LogP contribution in [0.1, 0.15) is 52.4 Å². The molecule has 1 nitrogen and oxygen atoms in total. The summed E-state index contributed by atoms with van der Waals surface area (Å²) >= 11 is 1.91. The SMILES string of the molecule is CCCSCC(O)C1CCC(CC)CC1. The van der Waals surface area contributed by atoms with Gasteiger partial charge < -0.3 is 5.11 Å². The predicted octanol–water partition coefficient (Wildman–Crippen LogP) is 3.71. The first-order chi connectivity index (χ1) is 7.27. The van der Waals surface area contributed by atoms with Crippen LogP contribution >= 0.6 is 11.8 Å². The average Bonchev–Trinajstić information content (AvgIpc) is 2.29. The number of hydrogen-bond donors (Lipinski definition) is 1. The third-order valence-electron chi connectivity index (χ3n) is 3.65. The van der Waals surface area contributed by atoms with E-state index < -0.39 is 0 Å². The molecule has 0 amide bonds. The Balaban J connectivity index is 2.15. The van der Waals surface area contributed by atoms with Gasteiger partial charge in [0.05, 0.1) is 6.10 Å². The van der Waals surface area contributed by atoms with Gasteiger partial charge in [-0.25, -0.2) is 0 Å². The first-order valence-electron chi connectivity index (χ1n) is 6.53. The third kappa shape index (κ3) is 4.78. The highest BCUT2D eigenvalue weighted by atomic mass is 32.2. The maximum atomic E-state index is 10.0. The lowest BCUT2D eigenvalue weighted by molar-refractivity contribution is 0.0916. The van der Waals surface area contributed by atoms with Crippen molar-refractivity contribution < 1.29 is 5.11 Å². The highest BCUT2D eigenvalue weighted by Gasteiger charge is 2.25. The van der Waals surface area contributed by atoms with E-state index in [1.807, 2.05) is 11.8 Å². The molecule has 2 heteroatoms. The molecule has 0 aromatic carbocycles. The lowest BCUT2D eigenvalue weighted by atomic mass is 9.79. The molecule has 1 fully saturated rings. The van der Waals surface area contributed by atoms with E-state index in [1.54, 1.807) is 0 Å². The first kappa shape index (κ1) is 13.4. The molecule has 1 aliphatic carbocycles. The molecule has 1 aliphatic rings. The van der Waals surface area contributed by atoms with Crippen LogP contribution in [0.5, 0.6) is 0 Å². The fraction of sp³-hybridized carbons (Fsp3) is 1.00. The Labute approximate surface area is 99.0 Å². The van der Waals surface area contributed by atoms with Gasteiger partial charge in [0.25, 0.3) is 0 Å². The zero-order valence-electron chi connectivity index (χ0n) is 10.2. The number of aliphatic hydroxyl groups excluding tert-OH is 1. The molecule has 90 valence electrons. The monoisotopic (exact) mass is 230 g/mol. The molecule has 1 saturated carbocycles. The Bertz CT molecular complexity index is 153. The van der Waals surface area contributed by atoms with Crippen LogP contribution in [-0.4, -0.2) is 22.7 Å². The highest BCUT2D eigenvalue weighted by molar-refractivity contribution is 7.99. The summed E-state index contributed by atoms with van der Waals surface area (Å²) in [6.45, 7) is 4.49. The van der Waals surface area contributed by atoms with Crippen LogP contribution < -0.4 is 0 Å². The van der Waals surface area contributed by atoms with Crippen molar-refractivity contribution in [1.29, 1.82) is 0 Å². The van der Waals surface area contributed by atoms with Gasteiger partial charge in [0.15, 0.2) is 0 Å². The fourth-order valence-corrected chi connectivity index (χ4v) is 3.43. The van der Waals surface area contributed by atoms with Crippen molar-refractivity contribution in [3.05, 3.63) is 0 Å². The van der Waals surface area contributed by atoms with E-state index in [0.29, 0.717) is 5.92 Å². The van der Waals surface area contributed by atoms with Gasteiger partial charge in [-0.2, -0.15) is 11.8 Å². The summed E-state index contributed by atoms with van der Waals surface area (Å²) in [6, 6.07) is 0. The van der Waals surface area contributed by atoms with Crippen LogP contribution in [0, 0.1) is 11.8 Å². The zero-order valence-corrected chi connectivity index (χ0v) is 11.1. The maximum absolute atomic E-state index is 10.0. The predicted molar refractivity (Wildman–Crippen MR) is 69.4 cm³/mol. The van der Waals surface area contributed by atoms with Crippen LogP contribution in [0.3, 0.4) is 0 Å². The molecule has 1 rings (SSSR count). The van der Waals surface area contributed by atoms with Gasteiger partial charge in [0.2, 0.25) is 0 Å². The van der Waals surface area contributed by atoms with E-state index in [1.165, 1.54) is 44.3 Å². The minimum Gasteiger partial charge on any atom is -0.392 e. The van der Waals surface area contributed by atoms with E-state index in [0.717, 1.165) is 11.7 Å². The first-order valence-corrected chi connectivity index (χ1v) is 7.69. The lowest BCUT2D eigenvalue weighted by Crippen LogP contribution is -2.27. The highest BCUT2D eigenvalue weighted by Crippen LogP contribution is 2.33. The molecular weight excluding hydrogens is 204 g/mol. The Kier molecular flexibility index (Phi) is 6.74. The van der Waals surface area contributed by atoms with Crippen LogP contribution in [0.25, 0.3) is 0 Å². The van der Waals surface area contributed by atoms with Gasteiger partial charge in [-0.1, -0.05) is 33.1 Å². The summed E-state index contributed by atoms with van der Waals surface area (Å²) in [5, 5.41) is 10.0. The van der Waals surface area contributed by atoms with Gasteiger partial charge in [0.1, 0.15) is 0 Å². The summed E-state index contributed by atoms with van der Waals surface area (Å²) in [4.78, 5) is 0. The molecule has 0 spiro atoms. The molecule has 1 N–H and O–H groups in total. The summed E-state index contributed by atoms with van der Waals surface area (Å²) in [5.74, 6) is 3.69. The van der Waals surface area contributed by atoms with Gasteiger partial charge in [-0.05, 0) is 36.9 Å². The standard InChI is InChI=1S/C13H26OS/c1-3-9-15-10-13(14)12-7-5-11(4-2)6-8-12/h11-14H,3-10H2,1-2H3. The molecule has 0 bridgehead atoms. The second kappa shape index (κ2) is 7.56. The molecular formula is C13H26OS. The van der Waals surface area contributed by atoms with Crippen molar-refractivity contribution in [2.75, 3.05) is 11.5 Å². The topological polar surface area (TPSA) is 20.2 Å². The minimum absolute atomic E-state index is 0.0423. The molecule has 0 heterocycles. The number of aliphatic hydroxyl groups is 1. The summed E-state index contributed by atoms with van der Waals surface area (Å²) < 4.78 is 0. The average molecular weight is 230 g/mol. The van der Waals surface area contributed by atoms with Crippen LogP contribution in [-0.2, 0) is 0 Å². The van der Waals surface area contributed by atoms with Crippen molar-refractivity contribution in [2.24, 2.45) is 11.8 Å². The summed E-state index contributed by atoms with van der Waals surface area (Å²) in [7, 11) is 0. The zero-order chi connectivity index (χ0) is 11.1. The smallest absolute Gasteiger partial charge is 0.0658 e. The van der Waals surface area contributed by atoms with E-state index in [-0.39, 0.29) is 6.10 Å². The quantitative estimate of drug-likeness (QED) is 0.702. The van der Waals surface area contributed by atoms with Crippen molar-refractivity contribution >= 4 is 11.8 Å². The molecule has 0 saturated heterocycles. The van der Waals surface area contributed by atoms with Crippen molar-refractivity contribution in [3.8, 4) is 0 Å². The van der Waals surface area contributed by atoms with Crippen LogP contribution in [0.2, 0.25) is 0 Å². The molecule has 0 aliphatic heterocycles. The summed E-state index contributed by atoms with van der Waals surface area (Å²) in [6.07, 6.45) is 7.71.